The van der Waals surface area contributed by atoms with Crippen LogP contribution in [-0.4, -0.2) is 10.1 Å². The van der Waals surface area contributed by atoms with Crippen molar-refractivity contribution in [1.29, 1.82) is 0 Å². The van der Waals surface area contributed by atoms with E-state index in [1.807, 2.05) is 19.1 Å². The SMILES string of the molecule is Cc1ccc(CO)cn1.[Y]. The zero-order valence-corrected chi connectivity index (χ0v) is 8.75. The minimum atomic E-state index is 0. The van der Waals surface area contributed by atoms with Gasteiger partial charge < -0.3 is 5.11 Å². The van der Waals surface area contributed by atoms with Gasteiger partial charge in [0, 0.05) is 44.6 Å². The summed E-state index contributed by atoms with van der Waals surface area (Å²) in [6.07, 6.45) is 1.68. The summed E-state index contributed by atoms with van der Waals surface area (Å²) in [5.74, 6) is 0. The number of aliphatic hydroxyl groups is 1. The summed E-state index contributed by atoms with van der Waals surface area (Å²) < 4.78 is 0. The fourth-order valence-electron chi connectivity index (χ4n) is 0.592. The first-order valence-electron chi connectivity index (χ1n) is 2.85. The van der Waals surface area contributed by atoms with Crippen molar-refractivity contribution in [2.24, 2.45) is 0 Å². The van der Waals surface area contributed by atoms with Crippen molar-refractivity contribution in [3.8, 4) is 0 Å². The predicted octanol–water partition coefficient (Wildman–Crippen LogP) is 0.880. The molecule has 1 rings (SSSR count). The van der Waals surface area contributed by atoms with Gasteiger partial charge in [-0.2, -0.15) is 0 Å². The topological polar surface area (TPSA) is 33.1 Å². The van der Waals surface area contributed by atoms with Crippen molar-refractivity contribution in [2.45, 2.75) is 13.5 Å². The normalized spacial score (nSPS) is 8.60. The maximum Gasteiger partial charge on any atom is 0.0696 e. The third kappa shape index (κ3) is 2.87. The molecule has 10 heavy (non-hydrogen) atoms. The van der Waals surface area contributed by atoms with Crippen LogP contribution < -0.4 is 0 Å². The van der Waals surface area contributed by atoms with Crippen molar-refractivity contribution >= 4 is 0 Å². The summed E-state index contributed by atoms with van der Waals surface area (Å²) in [5.41, 5.74) is 1.84. The number of aliphatic hydroxyl groups excluding tert-OH is 1. The van der Waals surface area contributed by atoms with Crippen LogP contribution in [0.4, 0.5) is 0 Å². The standard InChI is InChI=1S/C7H9NO.Y/c1-6-2-3-7(5-9)4-8-6;/h2-4,9H,5H2,1H3;. The molecule has 0 saturated heterocycles. The quantitative estimate of drug-likeness (QED) is 0.749. The molecule has 0 amide bonds. The number of hydrogen-bond donors (Lipinski definition) is 1. The van der Waals surface area contributed by atoms with Crippen LogP contribution in [0.3, 0.4) is 0 Å². The Morgan fingerprint density at radius 1 is 1.50 bits per heavy atom. The number of nitrogens with zero attached hydrogens (tertiary/aromatic N) is 1. The molecule has 1 aromatic heterocycles. The second kappa shape index (κ2) is 4.94. The number of hydrogen-bond acceptors (Lipinski definition) is 2. The van der Waals surface area contributed by atoms with Gasteiger partial charge in [-0.25, -0.2) is 0 Å². The monoisotopic (exact) mass is 212 g/mol. The Hall–Kier alpha value is 0.214. The maximum absolute atomic E-state index is 8.59. The molecule has 0 aliphatic rings. The largest absolute Gasteiger partial charge is 0.392 e. The molecule has 51 valence electrons. The van der Waals surface area contributed by atoms with Gasteiger partial charge in [0.2, 0.25) is 0 Å². The molecule has 0 unspecified atom stereocenters. The average molecular weight is 212 g/mol. The van der Waals surface area contributed by atoms with Crippen LogP contribution in [-0.2, 0) is 39.3 Å². The van der Waals surface area contributed by atoms with Crippen LogP contribution in [0, 0.1) is 6.92 Å². The first-order chi connectivity index (χ1) is 4.33. The molecule has 1 N–H and O–H groups in total. The van der Waals surface area contributed by atoms with Gasteiger partial charge >= 0.3 is 0 Å². The Morgan fingerprint density at radius 2 is 2.20 bits per heavy atom. The molecule has 1 heterocycles. The first-order valence-corrected chi connectivity index (χ1v) is 2.85. The van der Waals surface area contributed by atoms with Crippen molar-refractivity contribution in [3.05, 3.63) is 29.6 Å². The Kier molecular flexibility index (Phi) is 5.05. The molecule has 0 aromatic carbocycles. The van der Waals surface area contributed by atoms with E-state index in [1.54, 1.807) is 6.20 Å². The van der Waals surface area contributed by atoms with E-state index < -0.39 is 0 Å². The van der Waals surface area contributed by atoms with Gasteiger partial charge in [-0.15, -0.1) is 0 Å². The summed E-state index contributed by atoms with van der Waals surface area (Å²) in [5, 5.41) is 8.59. The molecule has 0 spiro atoms. The van der Waals surface area contributed by atoms with E-state index in [4.69, 9.17) is 5.11 Å². The molecular weight excluding hydrogens is 203 g/mol. The van der Waals surface area contributed by atoms with Gasteiger partial charge in [0.15, 0.2) is 0 Å². The van der Waals surface area contributed by atoms with Gasteiger partial charge in [-0.05, 0) is 18.6 Å². The number of rotatable bonds is 1. The summed E-state index contributed by atoms with van der Waals surface area (Å²) in [6.45, 7) is 1.99. The number of pyridine rings is 1. The second-order valence-corrected chi connectivity index (χ2v) is 1.97. The molecule has 1 radical (unpaired) electrons. The Labute approximate surface area is 85.6 Å². The van der Waals surface area contributed by atoms with Gasteiger partial charge in [0.05, 0.1) is 6.61 Å². The molecule has 3 heteroatoms. The molecular formula is C7H9NOY. The van der Waals surface area contributed by atoms with Crippen molar-refractivity contribution in [2.75, 3.05) is 0 Å². The molecule has 0 aliphatic carbocycles. The second-order valence-electron chi connectivity index (χ2n) is 1.97. The molecule has 0 bridgehead atoms. The third-order valence-electron chi connectivity index (χ3n) is 1.16. The van der Waals surface area contributed by atoms with Crippen LogP contribution >= 0.6 is 0 Å². The van der Waals surface area contributed by atoms with E-state index in [0.29, 0.717) is 0 Å². The Morgan fingerprint density at radius 3 is 2.60 bits per heavy atom. The molecule has 0 atom stereocenters. The zero-order chi connectivity index (χ0) is 6.69. The van der Waals surface area contributed by atoms with Crippen LogP contribution in [0.2, 0.25) is 0 Å². The molecule has 0 aliphatic heterocycles. The number of aromatic nitrogens is 1. The first kappa shape index (κ1) is 10.2. The zero-order valence-electron chi connectivity index (χ0n) is 5.91. The van der Waals surface area contributed by atoms with Crippen molar-refractivity contribution < 1.29 is 37.8 Å². The summed E-state index contributed by atoms with van der Waals surface area (Å²) >= 11 is 0. The Bertz CT molecular complexity index is 185. The van der Waals surface area contributed by atoms with Gasteiger partial charge in [0.25, 0.3) is 0 Å². The van der Waals surface area contributed by atoms with E-state index in [9.17, 15) is 0 Å². The van der Waals surface area contributed by atoms with Crippen LogP contribution in [0.1, 0.15) is 11.3 Å². The van der Waals surface area contributed by atoms with E-state index >= 15 is 0 Å². The van der Waals surface area contributed by atoms with Crippen LogP contribution in [0.5, 0.6) is 0 Å². The van der Waals surface area contributed by atoms with E-state index in [0.717, 1.165) is 11.3 Å². The smallest absolute Gasteiger partial charge is 0.0696 e. The fourth-order valence-corrected chi connectivity index (χ4v) is 0.592. The van der Waals surface area contributed by atoms with Crippen molar-refractivity contribution in [3.63, 3.8) is 0 Å². The average Bonchev–Trinajstić information content (AvgIpc) is 1.90. The van der Waals surface area contributed by atoms with Crippen LogP contribution in [0.15, 0.2) is 18.3 Å². The minimum absolute atomic E-state index is 0. The predicted molar refractivity (Wildman–Crippen MR) is 34.9 cm³/mol. The molecule has 2 nitrogen and oxygen atoms in total. The van der Waals surface area contributed by atoms with Gasteiger partial charge in [0.1, 0.15) is 0 Å². The molecule has 0 fully saturated rings. The fraction of sp³-hybridized carbons (Fsp3) is 0.286. The summed E-state index contributed by atoms with van der Waals surface area (Å²) in [6, 6.07) is 3.74. The Balaban J connectivity index is 0.000000810. The van der Waals surface area contributed by atoms with E-state index in [1.165, 1.54) is 0 Å². The third-order valence-corrected chi connectivity index (χ3v) is 1.16. The number of aryl methyl sites for hydroxylation is 1. The summed E-state index contributed by atoms with van der Waals surface area (Å²) in [4.78, 5) is 3.99. The van der Waals surface area contributed by atoms with E-state index in [2.05, 4.69) is 4.98 Å². The van der Waals surface area contributed by atoms with Gasteiger partial charge in [-0.1, -0.05) is 6.07 Å². The summed E-state index contributed by atoms with van der Waals surface area (Å²) in [7, 11) is 0. The molecule has 1 aromatic rings. The minimum Gasteiger partial charge on any atom is -0.392 e. The maximum atomic E-state index is 8.59. The van der Waals surface area contributed by atoms with Gasteiger partial charge in [-0.3, -0.25) is 4.98 Å². The van der Waals surface area contributed by atoms with Crippen molar-refractivity contribution in [1.82, 2.24) is 4.98 Å². The van der Waals surface area contributed by atoms with Crippen LogP contribution in [0.25, 0.3) is 0 Å². The molecule has 0 saturated carbocycles. The van der Waals surface area contributed by atoms with E-state index in [-0.39, 0.29) is 39.3 Å².